The van der Waals surface area contributed by atoms with Crippen molar-refractivity contribution in [2.75, 3.05) is 26.2 Å². The summed E-state index contributed by atoms with van der Waals surface area (Å²) >= 11 is 0. The molecular formula is C16H27NO. The van der Waals surface area contributed by atoms with E-state index in [1.807, 2.05) is 30.3 Å². The monoisotopic (exact) mass is 249 g/mol. The highest BCUT2D eigenvalue weighted by Crippen LogP contribution is 2.09. The summed E-state index contributed by atoms with van der Waals surface area (Å²) in [5.41, 5.74) is 0. The number of ether oxygens (including phenoxy) is 1. The molecule has 0 saturated heterocycles. The van der Waals surface area contributed by atoms with Crippen LogP contribution in [0, 0.1) is 0 Å². The SMILES string of the molecule is CCN(CC)CCCCCCOc1ccccc1. The molecule has 0 aromatic heterocycles. The summed E-state index contributed by atoms with van der Waals surface area (Å²) in [5, 5.41) is 0. The van der Waals surface area contributed by atoms with Gasteiger partial charge < -0.3 is 9.64 Å². The average Bonchev–Trinajstić information content (AvgIpc) is 2.43. The first-order valence-corrected chi connectivity index (χ1v) is 7.27. The zero-order chi connectivity index (χ0) is 13.1. The number of hydrogen-bond acceptors (Lipinski definition) is 2. The summed E-state index contributed by atoms with van der Waals surface area (Å²) < 4.78 is 5.67. The minimum absolute atomic E-state index is 0.843. The predicted octanol–water partition coefficient (Wildman–Crippen LogP) is 3.97. The quantitative estimate of drug-likeness (QED) is 0.582. The summed E-state index contributed by atoms with van der Waals surface area (Å²) in [7, 11) is 0. The van der Waals surface area contributed by atoms with Gasteiger partial charge in [-0.25, -0.2) is 0 Å². The van der Waals surface area contributed by atoms with Gasteiger partial charge in [-0.3, -0.25) is 0 Å². The van der Waals surface area contributed by atoms with Gasteiger partial charge in [-0.2, -0.15) is 0 Å². The number of benzene rings is 1. The maximum atomic E-state index is 5.67. The third-order valence-electron chi connectivity index (χ3n) is 3.28. The zero-order valence-corrected chi connectivity index (χ0v) is 11.9. The second-order valence-corrected chi connectivity index (χ2v) is 4.60. The van der Waals surface area contributed by atoms with Gasteiger partial charge >= 0.3 is 0 Å². The van der Waals surface area contributed by atoms with E-state index < -0.39 is 0 Å². The first-order valence-electron chi connectivity index (χ1n) is 7.27. The summed E-state index contributed by atoms with van der Waals surface area (Å²) in [6.07, 6.45) is 5.06. The second kappa shape index (κ2) is 9.95. The largest absolute Gasteiger partial charge is 0.494 e. The van der Waals surface area contributed by atoms with Crippen molar-refractivity contribution >= 4 is 0 Å². The molecule has 0 heterocycles. The summed E-state index contributed by atoms with van der Waals surface area (Å²) in [6.45, 7) is 8.90. The van der Waals surface area contributed by atoms with E-state index in [1.54, 1.807) is 0 Å². The van der Waals surface area contributed by atoms with E-state index in [2.05, 4.69) is 18.7 Å². The summed E-state index contributed by atoms with van der Waals surface area (Å²) in [6, 6.07) is 10.1. The van der Waals surface area contributed by atoms with Crippen LogP contribution in [-0.2, 0) is 0 Å². The summed E-state index contributed by atoms with van der Waals surface area (Å²) in [4.78, 5) is 2.49. The van der Waals surface area contributed by atoms with Crippen molar-refractivity contribution in [3.05, 3.63) is 30.3 Å². The van der Waals surface area contributed by atoms with Gasteiger partial charge in [-0.1, -0.05) is 44.9 Å². The molecule has 1 aromatic carbocycles. The van der Waals surface area contributed by atoms with Crippen molar-refractivity contribution < 1.29 is 4.74 Å². The lowest BCUT2D eigenvalue weighted by molar-refractivity contribution is 0.284. The van der Waals surface area contributed by atoms with Crippen LogP contribution >= 0.6 is 0 Å². The molecule has 1 aromatic rings. The highest BCUT2D eigenvalue weighted by atomic mass is 16.5. The van der Waals surface area contributed by atoms with Gasteiger partial charge in [0.05, 0.1) is 6.61 Å². The Hall–Kier alpha value is -1.02. The molecule has 0 saturated carbocycles. The molecule has 18 heavy (non-hydrogen) atoms. The molecule has 0 bridgehead atoms. The molecule has 0 N–H and O–H groups in total. The molecule has 0 unspecified atom stereocenters. The van der Waals surface area contributed by atoms with Crippen molar-refractivity contribution in [3.8, 4) is 5.75 Å². The lowest BCUT2D eigenvalue weighted by Gasteiger charge is -2.17. The van der Waals surface area contributed by atoms with Gasteiger partial charge in [0.25, 0.3) is 0 Å². The zero-order valence-electron chi connectivity index (χ0n) is 11.9. The van der Waals surface area contributed by atoms with Crippen molar-refractivity contribution in [1.82, 2.24) is 4.90 Å². The Kier molecular flexibility index (Phi) is 8.32. The van der Waals surface area contributed by atoms with E-state index in [1.165, 1.54) is 38.9 Å². The molecule has 0 amide bonds. The van der Waals surface area contributed by atoms with Crippen LogP contribution in [0.5, 0.6) is 5.75 Å². The van der Waals surface area contributed by atoms with Gasteiger partial charge in [0.2, 0.25) is 0 Å². The van der Waals surface area contributed by atoms with Crippen molar-refractivity contribution in [2.45, 2.75) is 39.5 Å². The Labute approximate surface area is 112 Å². The normalized spacial score (nSPS) is 10.8. The Morgan fingerprint density at radius 1 is 0.889 bits per heavy atom. The van der Waals surface area contributed by atoms with Gasteiger partial charge in [0.1, 0.15) is 5.75 Å². The Morgan fingerprint density at radius 2 is 1.56 bits per heavy atom. The standard InChI is InChI=1S/C16H27NO/c1-3-17(4-2)14-10-5-6-11-15-18-16-12-8-7-9-13-16/h7-9,12-13H,3-6,10-11,14-15H2,1-2H3. The molecule has 0 spiro atoms. The van der Waals surface area contributed by atoms with Gasteiger partial charge in [0.15, 0.2) is 0 Å². The third-order valence-corrected chi connectivity index (χ3v) is 3.28. The number of unbranched alkanes of at least 4 members (excludes halogenated alkanes) is 3. The Bertz CT molecular complexity index is 282. The van der Waals surface area contributed by atoms with Crippen LogP contribution in [0.15, 0.2) is 30.3 Å². The number of para-hydroxylation sites is 1. The van der Waals surface area contributed by atoms with E-state index in [-0.39, 0.29) is 0 Å². The molecule has 0 fully saturated rings. The van der Waals surface area contributed by atoms with E-state index in [4.69, 9.17) is 4.74 Å². The topological polar surface area (TPSA) is 12.5 Å². The smallest absolute Gasteiger partial charge is 0.119 e. The highest BCUT2D eigenvalue weighted by molar-refractivity contribution is 5.20. The predicted molar refractivity (Wildman–Crippen MR) is 78.2 cm³/mol. The fraction of sp³-hybridized carbons (Fsp3) is 0.625. The van der Waals surface area contributed by atoms with Crippen LogP contribution in [0.4, 0.5) is 0 Å². The van der Waals surface area contributed by atoms with Crippen LogP contribution in [0.1, 0.15) is 39.5 Å². The van der Waals surface area contributed by atoms with E-state index in [9.17, 15) is 0 Å². The van der Waals surface area contributed by atoms with Crippen LogP contribution in [-0.4, -0.2) is 31.1 Å². The van der Waals surface area contributed by atoms with Crippen LogP contribution in [0.3, 0.4) is 0 Å². The lowest BCUT2D eigenvalue weighted by Crippen LogP contribution is -2.23. The van der Waals surface area contributed by atoms with Crippen molar-refractivity contribution in [1.29, 1.82) is 0 Å². The van der Waals surface area contributed by atoms with Crippen LogP contribution in [0.2, 0.25) is 0 Å². The van der Waals surface area contributed by atoms with E-state index in [0.29, 0.717) is 0 Å². The maximum absolute atomic E-state index is 5.67. The first kappa shape index (κ1) is 15.0. The second-order valence-electron chi connectivity index (χ2n) is 4.60. The Morgan fingerprint density at radius 3 is 2.22 bits per heavy atom. The molecule has 102 valence electrons. The molecule has 2 heteroatoms. The number of hydrogen-bond donors (Lipinski definition) is 0. The minimum Gasteiger partial charge on any atom is -0.494 e. The fourth-order valence-electron chi connectivity index (χ4n) is 2.04. The van der Waals surface area contributed by atoms with Crippen LogP contribution < -0.4 is 4.74 Å². The van der Waals surface area contributed by atoms with Crippen molar-refractivity contribution in [3.63, 3.8) is 0 Å². The molecule has 2 nitrogen and oxygen atoms in total. The number of nitrogens with zero attached hydrogens (tertiary/aromatic N) is 1. The Balaban J connectivity index is 1.93. The fourth-order valence-corrected chi connectivity index (χ4v) is 2.04. The molecule has 0 radical (unpaired) electrons. The first-order chi connectivity index (χ1) is 8.86. The van der Waals surface area contributed by atoms with Gasteiger partial charge in [-0.15, -0.1) is 0 Å². The van der Waals surface area contributed by atoms with E-state index in [0.717, 1.165) is 18.8 Å². The highest BCUT2D eigenvalue weighted by Gasteiger charge is 1.98. The van der Waals surface area contributed by atoms with E-state index >= 15 is 0 Å². The van der Waals surface area contributed by atoms with Crippen LogP contribution in [0.25, 0.3) is 0 Å². The maximum Gasteiger partial charge on any atom is 0.119 e. The molecular weight excluding hydrogens is 222 g/mol. The molecule has 0 aliphatic heterocycles. The molecule has 0 atom stereocenters. The summed E-state index contributed by atoms with van der Waals surface area (Å²) in [5.74, 6) is 0.987. The minimum atomic E-state index is 0.843. The lowest BCUT2D eigenvalue weighted by atomic mass is 10.2. The third kappa shape index (κ3) is 6.65. The molecule has 0 aliphatic carbocycles. The molecule has 0 aliphatic rings. The van der Waals surface area contributed by atoms with Gasteiger partial charge in [0, 0.05) is 0 Å². The molecule has 1 rings (SSSR count). The number of rotatable bonds is 10. The van der Waals surface area contributed by atoms with Crippen molar-refractivity contribution in [2.24, 2.45) is 0 Å². The average molecular weight is 249 g/mol. The van der Waals surface area contributed by atoms with Gasteiger partial charge in [-0.05, 0) is 44.6 Å².